The molecule has 3 amide bonds. The molecule has 0 spiro atoms. The van der Waals surface area contributed by atoms with Crippen molar-refractivity contribution >= 4 is 34.7 Å². The summed E-state index contributed by atoms with van der Waals surface area (Å²) in [5, 5.41) is 2.73. The molecule has 34 heavy (non-hydrogen) atoms. The molecule has 0 aliphatic carbocycles. The molecule has 2 aromatic carbocycles. The quantitative estimate of drug-likeness (QED) is 0.531. The molecule has 1 fully saturated rings. The van der Waals surface area contributed by atoms with Crippen LogP contribution in [0.4, 0.5) is 11.4 Å². The van der Waals surface area contributed by atoms with Gasteiger partial charge in [-0.3, -0.25) is 19.3 Å². The number of carbonyl (C=O) groups is 3. The standard InChI is InChI=1S/C27H30N4O3/c1-5-13-31-26(33)24(21-9-11-22(12-10-21)28-20(4)32)25(27(31)34)30-16-14-29(15-17-30)23-8-6-7-18(2)19(23)3/h5-12H,1,13-17H2,2-4H3,(H,28,32). The minimum atomic E-state index is -0.316. The summed E-state index contributed by atoms with van der Waals surface area (Å²) >= 11 is 0. The van der Waals surface area contributed by atoms with Crippen LogP contribution in [0.5, 0.6) is 0 Å². The summed E-state index contributed by atoms with van der Waals surface area (Å²) in [6.07, 6.45) is 1.56. The summed E-state index contributed by atoms with van der Waals surface area (Å²) in [6.45, 7) is 12.3. The zero-order valence-corrected chi connectivity index (χ0v) is 19.9. The Balaban J connectivity index is 1.64. The molecular weight excluding hydrogens is 428 g/mol. The Bertz CT molecular complexity index is 1170. The second-order valence-corrected chi connectivity index (χ2v) is 8.68. The topological polar surface area (TPSA) is 73.0 Å². The Morgan fingerprint density at radius 2 is 1.62 bits per heavy atom. The van der Waals surface area contributed by atoms with Crippen LogP contribution in [0.3, 0.4) is 0 Å². The first-order chi connectivity index (χ1) is 16.3. The van der Waals surface area contributed by atoms with Crippen LogP contribution >= 0.6 is 0 Å². The van der Waals surface area contributed by atoms with Gasteiger partial charge in [-0.25, -0.2) is 0 Å². The largest absolute Gasteiger partial charge is 0.368 e. The van der Waals surface area contributed by atoms with Gasteiger partial charge in [0, 0.05) is 51.0 Å². The maximum absolute atomic E-state index is 13.3. The molecule has 0 atom stereocenters. The Morgan fingerprint density at radius 3 is 2.24 bits per heavy atom. The van der Waals surface area contributed by atoms with E-state index in [0.29, 0.717) is 35.6 Å². The van der Waals surface area contributed by atoms with Gasteiger partial charge in [0.15, 0.2) is 0 Å². The second kappa shape index (κ2) is 9.55. The molecule has 0 radical (unpaired) electrons. The maximum atomic E-state index is 13.3. The van der Waals surface area contributed by atoms with Gasteiger partial charge in [0.1, 0.15) is 5.70 Å². The van der Waals surface area contributed by atoms with Crippen molar-refractivity contribution in [2.45, 2.75) is 20.8 Å². The molecule has 176 valence electrons. The summed E-state index contributed by atoms with van der Waals surface area (Å²) in [5.74, 6) is -0.770. The van der Waals surface area contributed by atoms with Crippen LogP contribution in [-0.4, -0.2) is 60.2 Å². The third-order valence-electron chi connectivity index (χ3n) is 6.46. The van der Waals surface area contributed by atoms with Gasteiger partial charge in [-0.15, -0.1) is 6.58 Å². The van der Waals surface area contributed by atoms with E-state index in [1.165, 1.54) is 28.6 Å². The van der Waals surface area contributed by atoms with E-state index in [1.54, 1.807) is 30.3 Å². The van der Waals surface area contributed by atoms with Crippen LogP contribution in [0.15, 0.2) is 60.8 Å². The number of anilines is 2. The summed E-state index contributed by atoms with van der Waals surface area (Å²) in [4.78, 5) is 43.6. The summed E-state index contributed by atoms with van der Waals surface area (Å²) in [7, 11) is 0. The smallest absolute Gasteiger partial charge is 0.278 e. The number of nitrogens with one attached hydrogen (secondary N) is 1. The molecule has 4 rings (SSSR count). The van der Waals surface area contributed by atoms with Crippen molar-refractivity contribution < 1.29 is 14.4 Å². The highest BCUT2D eigenvalue weighted by atomic mass is 16.2. The number of carbonyl (C=O) groups excluding carboxylic acids is 3. The lowest BCUT2D eigenvalue weighted by atomic mass is 10.0. The van der Waals surface area contributed by atoms with Crippen molar-refractivity contribution in [1.82, 2.24) is 9.80 Å². The molecule has 0 aromatic heterocycles. The van der Waals surface area contributed by atoms with E-state index < -0.39 is 0 Å². The van der Waals surface area contributed by atoms with Gasteiger partial charge in [0.2, 0.25) is 5.91 Å². The number of imide groups is 1. The van der Waals surface area contributed by atoms with E-state index in [9.17, 15) is 14.4 Å². The normalized spacial score (nSPS) is 16.4. The molecule has 0 unspecified atom stereocenters. The van der Waals surface area contributed by atoms with Crippen molar-refractivity contribution in [3.63, 3.8) is 0 Å². The molecule has 7 nitrogen and oxygen atoms in total. The van der Waals surface area contributed by atoms with Gasteiger partial charge < -0.3 is 15.1 Å². The monoisotopic (exact) mass is 458 g/mol. The minimum absolute atomic E-state index is 0.164. The summed E-state index contributed by atoms with van der Waals surface area (Å²) in [6, 6.07) is 13.4. The summed E-state index contributed by atoms with van der Waals surface area (Å²) < 4.78 is 0. The van der Waals surface area contributed by atoms with E-state index in [-0.39, 0.29) is 24.3 Å². The highest BCUT2D eigenvalue weighted by Crippen LogP contribution is 2.33. The molecule has 2 aliphatic heterocycles. The number of amides is 3. The van der Waals surface area contributed by atoms with Gasteiger partial charge in [-0.05, 0) is 48.7 Å². The lowest BCUT2D eigenvalue weighted by Crippen LogP contribution is -2.47. The van der Waals surface area contributed by atoms with Crippen molar-refractivity contribution in [1.29, 1.82) is 0 Å². The first-order valence-corrected chi connectivity index (χ1v) is 11.5. The number of hydrogen-bond donors (Lipinski definition) is 1. The molecular formula is C27H30N4O3. The Morgan fingerprint density at radius 1 is 0.971 bits per heavy atom. The minimum Gasteiger partial charge on any atom is -0.368 e. The molecule has 7 heteroatoms. The fourth-order valence-corrected chi connectivity index (χ4v) is 4.58. The number of rotatable bonds is 6. The number of benzene rings is 2. The predicted octanol–water partition coefficient (Wildman–Crippen LogP) is 3.35. The van der Waals surface area contributed by atoms with Crippen molar-refractivity contribution in [3.05, 3.63) is 77.5 Å². The lowest BCUT2D eigenvalue weighted by Gasteiger charge is -2.38. The summed E-state index contributed by atoms with van der Waals surface area (Å²) in [5.41, 5.74) is 5.88. The number of piperazine rings is 1. The van der Waals surface area contributed by atoms with E-state index in [1.807, 2.05) is 4.90 Å². The van der Waals surface area contributed by atoms with Crippen LogP contribution < -0.4 is 10.2 Å². The van der Waals surface area contributed by atoms with Gasteiger partial charge in [-0.2, -0.15) is 0 Å². The fourth-order valence-electron chi connectivity index (χ4n) is 4.58. The SMILES string of the molecule is C=CCN1C(=O)C(c2ccc(NC(C)=O)cc2)=C(N2CCN(c3cccc(C)c3C)CC2)C1=O. The Labute approximate surface area is 200 Å². The van der Waals surface area contributed by atoms with Crippen molar-refractivity contribution in [3.8, 4) is 0 Å². The highest BCUT2D eigenvalue weighted by molar-refractivity contribution is 6.35. The fraction of sp³-hybridized carbons (Fsp3) is 0.296. The molecule has 0 bridgehead atoms. The number of hydrogen-bond acceptors (Lipinski definition) is 5. The van der Waals surface area contributed by atoms with Gasteiger partial charge in [0.25, 0.3) is 11.8 Å². The van der Waals surface area contributed by atoms with Crippen LogP contribution in [0.2, 0.25) is 0 Å². The average molecular weight is 459 g/mol. The Kier molecular flexibility index (Phi) is 6.54. The third-order valence-corrected chi connectivity index (χ3v) is 6.46. The van der Waals surface area contributed by atoms with Crippen molar-refractivity contribution in [2.24, 2.45) is 0 Å². The van der Waals surface area contributed by atoms with Crippen LogP contribution in [0.25, 0.3) is 5.57 Å². The third kappa shape index (κ3) is 4.33. The number of nitrogens with zero attached hydrogens (tertiary/aromatic N) is 3. The van der Waals surface area contributed by atoms with Gasteiger partial charge in [-0.1, -0.05) is 30.3 Å². The van der Waals surface area contributed by atoms with Gasteiger partial charge >= 0.3 is 0 Å². The number of aryl methyl sites for hydroxylation is 1. The van der Waals surface area contributed by atoms with E-state index in [0.717, 1.165) is 13.1 Å². The maximum Gasteiger partial charge on any atom is 0.278 e. The molecule has 1 N–H and O–H groups in total. The highest BCUT2D eigenvalue weighted by Gasteiger charge is 2.41. The second-order valence-electron chi connectivity index (χ2n) is 8.68. The molecule has 0 saturated carbocycles. The zero-order chi connectivity index (χ0) is 24.4. The van der Waals surface area contributed by atoms with E-state index >= 15 is 0 Å². The lowest BCUT2D eigenvalue weighted by molar-refractivity contribution is -0.137. The Hall–Kier alpha value is -3.87. The predicted molar refractivity (Wildman–Crippen MR) is 134 cm³/mol. The molecule has 2 heterocycles. The van der Waals surface area contributed by atoms with E-state index in [2.05, 4.69) is 48.8 Å². The van der Waals surface area contributed by atoms with E-state index in [4.69, 9.17) is 0 Å². The van der Waals surface area contributed by atoms with Crippen LogP contribution in [0, 0.1) is 13.8 Å². The zero-order valence-electron chi connectivity index (χ0n) is 19.9. The van der Waals surface area contributed by atoms with Crippen LogP contribution in [-0.2, 0) is 14.4 Å². The average Bonchev–Trinajstić information content (AvgIpc) is 3.06. The first kappa shape index (κ1) is 23.3. The van der Waals surface area contributed by atoms with Gasteiger partial charge in [0.05, 0.1) is 5.57 Å². The van der Waals surface area contributed by atoms with Crippen LogP contribution in [0.1, 0.15) is 23.6 Å². The molecule has 2 aromatic rings. The molecule has 2 aliphatic rings. The van der Waals surface area contributed by atoms with Crippen molar-refractivity contribution in [2.75, 3.05) is 42.9 Å². The molecule has 1 saturated heterocycles. The first-order valence-electron chi connectivity index (χ1n) is 11.5.